The molecule has 0 fully saturated rings. The van der Waals surface area contributed by atoms with Crippen molar-refractivity contribution < 1.29 is 19.8 Å². The molecule has 0 spiro atoms. The molecule has 0 saturated carbocycles. The highest BCUT2D eigenvalue weighted by Gasteiger charge is 2.06. The Morgan fingerprint density at radius 3 is 1.50 bits per heavy atom. The quantitative estimate of drug-likeness (QED) is 0.185. The van der Waals surface area contributed by atoms with Crippen molar-refractivity contribution in [2.24, 2.45) is 0 Å². The van der Waals surface area contributed by atoms with Crippen LogP contribution in [-0.4, -0.2) is 22.2 Å². The first-order valence-corrected chi connectivity index (χ1v) is 11.3. The van der Waals surface area contributed by atoms with Crippen molar-refractivity contribution >= 4 is 11.9 Å². The highest BCUT2D eigenvalue weighted by Crippen LogP contribution is 2.15. The van der Waals surface area contributed by atoms with Crippen LogP contribution < -0.4 is 0 Å². The van der Waals surface area contributed by atoms with Crippen LogP contribution in [0.25, 0.3) is 0 Å². The highest BCUT2D eigenvalue weighted by atomic mass is 16.4. The molecule has 164 valence electrons. The van der Waals surface area contributed by atoms with Crippen molar-refractivity contribution in [1.82, 2.24) is 0 Å². The number of allylic oxidation sites excluding steroid dienone is 1. The van der Waals surface area contributed by atoms with E-state index in [4.69, 9.17) is 5.11 Å². The molecule has 0 aromatic rings. The SMILES string of the molecule is C=CC(=O)O.CCCCCCCCC=C(CCCCCCCCCC)C(=O)O. The number of hydrogen-bond donors (Lipinski definition) is 2. The minimum absolute atomic E-state index is 0.643. The van der Waals surface area contributed by atoms with Crippen LogP contribution in [0.1, 0.15) is 117 Å². The van der Waals surface area contributed by atoms with E-state index in [0.717, 1.165) is 31.8 Å². The van der Waals surface area contributed by atoms with Gasteiger partial charge in [-0.1, -0.05) is 104 Å². The Hall–Kier alpha value is -1.58. The molecule has 0 atom stereocenters. The molecular formula is C24H44O4. The molecule has 0 heterocycles. The summed E-state index contributed by atoms with van der Waals surface area (Å²) >= 11 is 0. The zero-order valence-electron chi connectivity index (χ0n) is 18.4. The number of unbranched alkanes of at least 4 members (excludes halogenated alkanes) is 13. The highest BCUT2D eigenvalue weighted by molar-refractivity contribution is 5.86. The number of carbonyl (C=O) groups is 2. The average molecular weight is 397 g/mol. The van der Waals surface area contributed by atoms with Gasteiger partial charge in [0.15, 0.2) is 0 Å². The third-order valence-electron chi connectivity index (χ3n) is 4.70. The van der Waals surface area contributed by atoms with Crippen molar-refractivity contribution in [3.63, 3.8) is 0 Å². The molecule has 28 heavy (non-hydrogen) atoms. The Bertz CT molecular complexity index is 413. The second-order valence-corrected chi connectivity index (χ2v) is 7.36. The number of aliphatic carboxylic acids is 2. The smallest absolute Gasteiger partial charge is 0.331 e. The molecule has 0 aliphatic rings. The van der Waals surface area contributed by atoms with Crippen molar-refractivity contribution in [2.75, 3.05) is 0 Å². The molecule has 4 heteroatoms. The summed E-state index contributed by atoms with van der Waals surface area (Å²) in [4.78, 5) is 20.5. The predicted octanol–water partition coefficient (Wildman–Crippen LogP) is 7.54. The first kappa shape index (κ1) is 28.6. The van der Waals surface area contributed by atoms with E-state index in [-0.39, 0.29) is 0 Å². The largest absolute Gasteiger partial charge is 0.478 e. The molecule has 0 aromatic carbocycles. The Labute approximate surface area is 173 Å². The Kier molecular flexibility index (Phi) is 24.0. The van der Waals surface area contributed by atoms with Gasteiger partial charge in [-0.25, -0.2) is 9.59 Å². The molecule has 0 saturated heterocycles. The van der Waals surface area contributed by atoms with E-state index in [1.807, 2.05) is 6.08 Å². The zero-order chi connectivity index (χ0) is 21.5. The van der Waals surface area contributed by atoms with Crippen molar-refractivity contribution in [2.45, 2.75) is 117 Å². The van der Waals surface area contributed by atoms with Crippen LogP contribution in [0.5, 0.6) is 0 Å². The maximum atomic E-state index is 11.3. The number of rotatable bonds is 18. The molecule has 2 N–H and O–H groups in total. The van der Waals surface area contributed by atoms with E-state index in [1.165, 1.54) is 77.0 Å². The van der Waals surface area contributed by atoms with Gasteiger partial charge in [0.05, 0.1) is 0 Å². The maximum Gasteiger partial charge on any atom is 0.331 e. The Balaban J connectivity index is 0. The summed E-state index contributed by atoms with van der Waals surface area (Å²) < 4.78 is 0. The minimum Gasteiger partial charge on any atom is -0.478 e. The normalized spacial score (nSPS) is 10.9. The van der Waals surface area contributed by atoms with Crippen LogP contribution in [0.15, 0.2) is 24.3 Å². The third-order valence-corrected chi connectivity index (χ3v) is 4.70. The van der Waals surface area contributed by atoms with Gasteiger partial charge in [0, 0.05) is 11.6 Å². The lowest BCUT2D eigenvalue weighted by Gasteiger charge is -2.04. The van der Waals surface area contributed by atoms with Gasteiger partial charge in [-0.05, 0) is 25.7 Å². The minimum atomic E-state index is -0.981. The second-order valence-electron chi connectivity index (χ2n) is 7.36. The number of carboxylic acid groups (broad SMARTS) is 2. The van der Waals surface area contributed by atoms with E-state index < -0.39 is 11.9 Å². The van der Waals surface area contributed by atoms with E-state index >= 15 is 0 Å². The van der Waals surface area contributed by atoms with E-state index in [1.54, 1.807) is 0 Å². The molecule has 0 rings (SSSR count). The first-order valence-electron chi connectivity index (χ1n) is 11.3. The summed E-state index contributed by atoms with van der Waals surface area (Å²) in [6.07, 6.45) is 22.2. The fourth-order valence-electron chi connectivity index (χ4n) is 2.95. The lowest BCUT2D eigenvalue weighted by Crippen LogP contribution is -2.00. The Morgan fingerprint density at radius 1 is 0.714 bits per heavy atom. The summed E-state index contributed by atoms with van der Waals surface area (Å²) in [7, 11) is 0. The van der Waals surface area contributed by atoms with Crippen LogP contribution >= 0.6 is 0 Å². The predicted molar refractivity (Wildman–Crippen MR) is 119 cm³/mol. The van der Waals surface area contributed by atoms with Crippen molar-refractivity contribution in [1.29, 1.82) is 0 Å². The van der Waals surface area contributed by atoms with Crippen LogP contribution in [0.4, 0.5) is 0 Å². The molecule has 0 bridgehead atoms. The topological polar surface area (TPSA) is 74.6 Å². The molecule has 0 aliphatic heterocycles. The Morgan fingerprint density at radius 2 is 1.11 bits per heavy atom. The molecule has 0 amide bonds. The van der Waals surface area contributed by atoms with Crippen molar-refractivity contribution in [3.05, 3.63) is 24.3 Å². The van der Waals surface area contributed by atoms with Gasteiger partial charge in [-0.3, -0.25) is 0 Å². The van der Waals surface area contributed by atoms with Crippen LogP contribution in [0.2, 0.25) is 0 Å². The lowest BCUT2D eigenvalue weighted by molar-refractivity contribution is -0.133. The fraction of sp³-hybridized carbons (Fsp3) is 0.750. The van der Waals surface area contributed by atoms with Crippen LogP contribution in [0, 0.1) is 0 Å². The summed E-state index contributed by atoms with van der Waals surface area (Å²) in [5.74, 6) is -1.69. The van der Waals surface area contributed by atoms with Gasteiger partial charge in [0.2, 0.25) is 0 Å². The molecule has 0 aliphatic carbocycles. The van der Waals surface area contributed by atoms with Gasteiger partial charge >= 0.3 is 11.9 Å². The summed E-state index contributed by atoms with van der Waals surface area (Å²) in [6, 6.07) is 0. The molecule has 4 nitrogen and oxygen atoms in total. The zero-order valence-corrected chi connectivity index (χ0v) is 18.4. The second kappa shape index (κ2) is 23.5. The van der Waals surface area contributed by atoms with Crippen LogP contribution in [0.3, 0.4) is 0 Å². The van der Waals surface area contributed by atoms with E-state index in [2.05, 4.69) is 20.4 Å². The van der Waals surface area contributed by atoms with Crippen molar-refractivity contribution in [3.8, 4) is 0 Å². The molecule has 0 unspecified atom stereocenters. The van der Waals surface area contributed by atoms with Gasteiger partial charge in [-0.15, -0.1) is 0 Å². The number of hydrogen-bond acceptors (Lipinski definition) is 2. The molecule has 0 aromatic heterocycles. The average Bonchev–Trinajstić information content (AvgIpc) is 2.67. The summed E-state index contributed by atoms with van der Waals surface area (Å²) in [5.41, 5.74) is 0.643. The van der Waals surface area contributed by atoms with Crippen LogP contribution in [-0.2, 0) is 9.59 Å². The van der Waals surface area contributed by atoms with Gasteiger partial charge in [0.25, 0.3) is 0 Å². The van der Waals surface area contributed by atoms with E-state index in [9.17, 15) is 14.7 Å². The first-order chi connectivity index (χ1) is 13.5. The lowest BCUT2D eigenvalue weighted by atomic mass is 10.0. The fourth-order valence-corrected chi connectivity index (χ4v) is 2.95. The number of carboxylic acids is 2. The maximum absolute atomic E-state index is 11.3. The van der Waals surface area contributed by atoms with Gasteiger partial charge in [-0.2, -0.15) is 0 Å². The third kappa shape index (κ3) is 24.4. The van der Waals surface area contributed by atoms with Gasteiger partial charge in [0.1, 0.15) is 0 Å². The van der Waals surface area contributed by atoms with Gasteiger partial charge < -0.3 is 10.2 Å². The molecular weight excluding hydrogens is 352 g/mol. The summed E-state index contributed by atoms with van der Waals surface area (Å²) in [6.45, 7) is 7.43. The monoisotopic (exact) mass is 396 g/mol. The standard InChI is InChI=1S/C21H40O2.C3H4O2/c1-3-5-7-9-11-13-15-17-19-20(21(22)23)18-16-14-12-10-8-6-4-2;1-2-3(4)5/h18H,3-17,19H2,1-2H3,(H,22,23);2H,1H2,(H,4,5). The summed E-state index contributed by atoms with van der Waals surface area (Å²) in [5, 5.41) is 16.9. The van der Waals surface area contributed by atoms with E-state index in [0.29, 0.717) is 5.57 Å². The molecule has 0 radical (unpaired) electrons.